The molecule has 1 heterocycles. The summed E-state index contributed by atoms with van der Waals surface area (Å²) < 4.78 is 5.66. The van der Waals surface area contributed by atoms with Gasteiger partial charge in [0.05, 0.1) is 0 Å². The summed E-state index contributed by atoms with van der Waals surface area (Å²) >= 11 is 5.96. The number of hydrogen-bond acceptors (Lipinski definition) is 3. The number of halogens is 1. The van der Waals surface area contributed by atoms with Gasteiger partial charge in [-0.25, -0.2) is 0 Å². The number of hydrogen-bond donors (Lipinski definition) is 2. The Kier molecular flexibility index (Phi) is 4.64. The number of nitrogens with one attached hydrogen (secondary N) is 1. The molecular formula is C14H18ClNO2. The highest BCUT2D eigenvalue weighted by Gasteiger charge is 2.11. The number of aliphatic hydroxyl groups excluding tert-OH is 1. The quantitative estimate of drug-likeness (QED) is 0.860. The zero-order valence-corrected chi connectivity index (χ0v) is 11.2. The largest absolute Gasteiger partial charge is 0.489 e. The van der Waals surface area contributed by atoms with Crippen molar-refractivity contribution in [3.05, 3.63) is 34.4 Å². The Labute approximate surface area is 112 Å². The Morgan fingerprint density at radius 1 is 1.50 bits per heavy atom. The van der Waals surface area contributed by atoms with E-state index in [0.29, 0.717) is 6.61 Å². The summed E-state index contributed by atoms with van der Waals surface area (Å²) in [6.45, 7) is 4.40. The van der Waals surface area contributed by atoms with Gasteiger partial charge in [-0.15, -0.1) is 0 Å². The lowest BCUT2D eigenvalue weighted by atomic mass is 10.1. The average Bonchev–Trinajstić information content (AvgIpc) is 2.38. The molecule has 0 saturated heterocycles. The van der Waals surface area contributed by atoms with Crippen molar-refractivity contribution in [2.45, 2.75) is 6.92 Å². The highest BCUT2D eigenvalue weighted by molar-refractivity contribution is 6.30. The molecule has 4 heteroatoms. The van der Waals surface area contributed by atoms with Gasteiger partial charge in [0.25, 0.3) is 0 Å². The Bertz CT molecular complexity index is 445. The van der Waals surface area contributed by atoms with Crippen LogP contribution in [0.4, 0.5) is 0 Å². The summed E-state index contributed by atoms with van der Waals surface area (Å²) in [5.74, 6) is 1.16. The van der Waals surface area contributed by atoms with Crippen LogP contribution in [0.15, 0.2) is 23.8 Å². The fraction of sp³-hybridized carbons (Fsp3) is 0.429. The van der Waals surface area contributed by atoms with Crippen molar-refractivity contribution < 1.29 is 9.84 Å². The summed E-state index contributed by atoms with van der Waals surface area (Å²) in [4.78, 5) is 0. The number of rotatable bonds is 5. The molecule has 1 atom stereocenters. The second-order valence-corrected chi connectivity index (χ2v) is 5.13. The molecule has 0 radical (unpaired) electrons. The van der Waals surface area contributed by atoms with Gasteiger partial charge < -0.3 is 15.2 Å². The van der Waals surface area contributed by atoms with E-state index in [1.54, 1.807) is 0 Å². The van der Waals surface area contributed by atoms with Crippen LogP contribution < -0.4 is 10.1 Å². The van der Waals surface area contributed by atoms with Crippen LogP contribution >= 0.6 is 11.6 Å². The van der Waals surface area contributed by atoms with Crippen LogP contribution in [-0.2, 0) is 0 Å². The molecule has 0 bridgehead atoms. The van der Waals surface area contributed by atoms with Crippen LogP contribution in [0.2, 0.25) is 5.02 Å². The number of aliphatic hydroxyl groups is 1. The van der Waals surface area contributed by atoms with E-state index in [2.05, 4.69) is 11.4 Å². The van der Waals surface area contributed by atoms with E-state index in [1.807, 2.05) is 25.1 Å². The standard InChI is InChI=1S/C14H18ClNO2/c1-10(8-17)6-16-7-11-4-12-5-13(15)2-3-14(12)18-9-11/h2-5,10,16-17H,6-9H2,1H3. The molecule has 2 rings (SSSR count). The molecule has 0 aromatic heterocycles. The van der Waals surface area contributed by atoms with E-state index >= 15 is 0 Å². The van der Waals surface area contributed by atoms with Crippen molar-refractivity contribution in [1.82, 2.24) is 5.32 Å². The third kappa shape index (κ3) is 3.48. The first kappa shape index (κ1) is 13.4. The maximum absolute atomic E-state index is 8.94. The fourth-order valence-corrected chi connectivity index (χ4v) is 2.02. The SMILES string of the molecule is CC(CO)CNCC1=Cc2cc(Cl)ccc2OC1. The molecule has 0 spiro atoms. The average molecular weight is 268 g/mol. The highest BCUT2D eigenvalue weighted by atomic mass is 35.5. The second kappa shape index (κ2) is 6.23. The molecule has 1 aromatic carbocycles. The minimum atomic E-state index is 0.209. The lowest BCUT2D eigenvalue weighted by molar-refractivity contribution is 0.234. The van der Waals surface area contributed by atoms with Gasteiger partial charge in [0.1, 0.15) is 12.4 Å². The Morgan fingerprint density at radius 3 is 3.11 bits per heavy atom. The predicted molar refractivity (Wildman–Crippen MR) is 74.0 cm³/mol. The first-order chi connectivity index (χ1) is 8.69. The minimum Gasteiger partial charge on any atom is -0.489 e. The minimum absolute atomic E-state index is 0.209. The summed E-state index contributed by atoms with van der Waals surface area (Å²) in [6, 6.07) is 5.64. The molecule has 1 aliphatic rings. The van der Waals surface area contributed by atoms with Gasteiger partial charge in [0.2, 0.25) is 0 Å². The van der Waals surface area contributed by atoms with Gasteiger partial charge in [-0.05, 0) is 35.8 Å². The van der Waals surface area contributed by atoms with Crippen LogP contribution in [0.3, 0.4) is 0 Å². The van der Waals surface area contributed by atoms with E-state index in [9.17, 15) is 0 Å². The zero-order valence-electron chi connectivity index (χ0n) is 10.4. The van der Waals surface area contributed by atoms with Crippen molar-refractivity contribution in [2.24, 2.45) is 5.92 Å². The maximum atomic E-state index is 8.94. The predicted octanol–water partition coefficient (Wildman–Crippen LogP) is 2.33. The van der Waals surface area contributed by atoms with Crippen molar-refractivity contribution in [2.75, 3.05) is 26.3 Å². The van der Waals surface area contributed by atoms with E-state index < -0.39 is 0 Å². The molecule has 18 heavy (non-hydrogen) atoms. The molecule has 0 saturated carbocycles. The summed E-state index contributed by atoms with van der Waals surface area (Å²) in [6.07, 6.45) is 2.11. The molecule has 1 aromatic rings. The van der Waals surface area contributed by atoms with Crippen LogP contribution in [0.25, 0.3) is 6.08 Å². The summed E-state index contributed by atoms with van der Waals surface area (Å²) in [7, 11) is 0. The van der Waals surface area contributed by atoms with E-state index in [1.165, 1.54) is 5.57 Å². The smallest absolute Gasteiger partial charge is 0.127 e. The molecule has 98 valence electrons. The molecule has 0 aliphatic carbocycles. The fourth-order valence-electron chi connectivity index (χ4n) is 1.84. The second-order valence-electron chi connectivity index (χ2n) is 4.69. The monoisotopic (exact) mass is 267 g/mol. The van der Waals surface area contributed by atoms with E-state index in [-0.39, 0.29) is 12.5 Å². The Balaban J connectivity index is 1.95. The lowest BCUT2D eigenvalue weighted by Gasteiger charge is -2.19. The van der Waals surface area contributed by atoms with Crippen LogP contribution in [0.1, 0.15) is 12.5 Å². The zero-order chi connectivity index (χ0) is 13.0. The van der Waals surface area contributed by atoms with Crippen LogP contribution in [0.5, 0.6) is 5.75 Å². The van der Waals surface area contributed by atoms with E-state index in [0.717, 1.165) is 29.4 Å². The third-order valence-electron chi connectivity index (χ3n) is 2.90. The van der Waals surface area contributed by atoms with Crippen LogP contribution in [0, 0.1) is 5.92 Å². The molecule has 2 N–H and O–H groups in total. The van der Waals surface area contributed by atoms with Gasteiger partial charge in [0, 0.05) is 30.3 Å². The molecule has 3 nitrogen and oxygen atoms in total. The molecular weight excluding hydrogens is 250 g/mol. The molecule has 0 fully saturated rings. The Morgan fingerprint density at radius 2 is 2.33 bits per heavy atom. The van der Waals surface area contributed by atoms with Crippen LogP contribution in [-0.4, -0.2) is 31.4 Å². The first-order valence-corrected chi connectivity index (χ1v) is 6.50. The normalized spacial score (nSPS) is 15.6. The van der Waals surface area contributed by atoms with Crippen molar-refractivity contribution >= 4 is 17.7 Å². The molecule has 1 aliphatic heterocycles. The Hall–Kier alpha value is -1.03. The van der Waals surface area contributed by atoms with E-state index in [4.69, 9.17) is 21.4 Å². The van der Waals surface area contributed by atoms with Gasteiger partial charge in [-0.3, -0.25) is 0 Å². The van der Waals surface area contributed by atoms with Crippen molar-refractivity contribution in [3.8, 4) is 5.75 Å². The number of fused-ring (bicyclic) bond motifs is 1. The van der Waals surface area contributed by atoms with Gasteiger partial charge in [0.15, 0.2) is 0 Å². The highest BCUT2D eigenvalue weighted by Crippen LogP contribution is 2.28. The van der Waals surface area contributed by atoms with Gasteiger partial charge >= 0.3 is 0 Å². The van der Waals surface area contributed by atoms with Crippen molar-refractivity contribution in [3.63, 3.8) is 0 Å². The maximum Gasteiger partial charge on any atom is 0.127 e. The first-order valence-electron chi connectivity index (χ1n) is 6.12. The van der Waals surface area contributed by atoms with Gasteiger partial charge in [-0.2, -0.15) is 0 Å². The lowest BCUT2D eigenvalue weighted by Crippen LogP contribution is -2.27. The summed E-state index contributed by atoms with van der Waals surface area (Å²) in [5.41, 5.74) is 2.22. The number of benzene rings is 1. The number of ether oxygens (including phenoxy) is 1. The molecule has 0 amide bonds. The third-order valence-corrected chi connectivity index (χ3v) is 3.14. The molecule has 1 unspecified atom stereocenters. The topological polar surface area (TPSA) is 41.5 Å². The van der Waals surface area contributed by atoms with Gasteiger partial charge in [-0.1, -0.05) is 18.5 Å². The van der Waals surface area contributed by atoms with Crippen molar-refractivity contribution in [1.29, 1.82) is 0 Å². The summed E-state index contributed by atoms with van der Waals surface area (Å²) in [5, 5.41) is 13.0.